The maximum atomic E-state index is 13.4. The number of halogens is 1. The summed E-state index contributed by atoms with van der Waals surface area (Å²) in [6, 6.07) is 8.74. The number of aromatic nitrogens is 1. The molecule has 0 unspecified atom stereocenters. The number of ether oxygens (including phenoxy) is 3. The first-order valence-corrected chi connectivity index (χ1v) is 9.74. The Balaban J connectivity index is 1.43. The van der Waals surface area contributed by atoms with E-state index in [1.807, 2.05) is 0 Å². The van der Waals surface area contributed by atoms with Gasteiger partial charge in [-0.05, 0) is 12.1 Å². The van der Waals surface area contributed by atoms with Crippen molar-refractivity contribution in [3.8, 4) is 16.3 Å². The number of esters is 1. The fourth-order valence-electron chi connectivity index (χ4n) is 2.99. The molecule has 2 heterocycles. The normalized spacial score (nSPS) is 12.7. The summed E-state index contributed by atoms with van der Waals surface area (Å²) >= 11 is 1.30. The highest BCUT2D eigenvalue weighted by Gasteiger charge is 2.22. The summed E-state index contributed by atoms with van der Waals surface area (Å²) in [5, 5.41) is 13.4. The fourth-order valence-corrected chi connectivity index (χ4v) is 3.81. The summed E-state index contributed by atoms with van der Waals surface area (Å²) in [5.74, 6) is -0.475. The molecule has 0 fully saturated rings. The molecule has 1 aliphatic heterocycles. The average molecular weight is 430 g/mol. The Hall–Kier alpha value is -3.37. The van der Waals surface area contributed by atoms with Gasteiger partial charge in [-0.3, -0.25) is 14.9 Å². The van der Waals surface area contributed by atoms with Crippen LogP contribution in [-0.4, -0.2) is 22.7 Å². The van der Waals surface area contributed by atoms with E-state index in [0.29, 0.717) is 33.1 Å². The zero-order chi connectivity index (χ0) is 21.1. The summed E-state index contributed by atoms with van der Waals surface area (Å²) in [6.07, 6.45) is -0.0765. The third-order valence-corrected chi connectivity index (χ3v) is 5.26. The monoisotopic (exact) mass is 430 g/mol. The van der Waals surface area contributed by atoms with E-state index in [4.69, 9.17) is 14.2 Å². The van der Waals surface area contributed by atoms with Gasteiger partial charge in [0.15, 0.2) is 6.79 Å². The van der Waals surface area contributed by atoms with Gasteiger partial charge in [-0.1, -0.05) is 12.1 Å². The average Bonchev–Trinajstić information content (AvgIpc) is 3.20. The first-order chi connectivity index (χ1) is 14.5. The lowest BCUT2D eigenvalue weighted by Gasteiger charge is -2.20. The molecule has 3 aromatic rings. The third kappa shape index (κ3) is 4.44. The van der Waals surface area contributed by atoms with E-state index in [-0.39, 0.29) is 37.9 Å². The molecule has 10 heteroatoms. The van der Waals surface area contributed by atoms with Crippen LogP contribution in [0.15, 0.2) is 41.8 Å². The Kier molecular flexibility index (Phi) is 5.68. The lowest BCUT2D eigenvalue weighted by molar-refractivity contribution is -0.385. The second kappa shape index (κ2) is 8.56. The number of nitro groups is 1. The zero-order valence-corrected chi connectivity index (χ0v) is 16.3. The van der Waals surface area contributed by atoms with Crippen LogP contribution < -0.4 is 4.74 Å². The summed E-state index contributed by atoms with van der Waals surface area (Å²) in [7, 11) is 0. The molecule has 0 spiro atoms. The van der Waals surface area contributed by atoms with E-state index in [1.165, 1.54) is 35.6 Å². The van der Waals surface area contributed by atoms with Gasteiger partial charge in [0.25, 0.3) is 5.69 Å². The van der Waals surface area contributed by atoms with Gasteiger partial charge in [-0.2, -0.15) is 0 Å². The number of benzene rings is 2. The molecule has 0 N–H and O–H groups in total. The number of fused-ring (bicyclic) bond motifs is 1. The molecule has 0 aliphatic carbocycles. The molecule has 4 rings (SSSR count). The molecule has 8 nitrogen and oxygen atoms in total. The number of nitrogens with zero attached hydrogens (tertiary/aromatic N) is 2. The van der Waals surface area contributed by atoms with Crippen LogP contribution in [0.5, 0.6) is 5.75 Å². The first-order valence-electron chi connectivity index (χ1n) is 8.86. The molecule has 0 bridgehead atoms. The maximum Gasteiger partial charge on any atom is 0.312 e. The Labute approximate surface area is 174 Å². The number of hydrogen-bond donors (Lipinski definition) is 0. The van der Waals surface area contributed by atoms with Crippen LogP contribution in [0.3, 0.4) is 0 Å². The van der Waals surface area contributed by atoms with E-state index in [1.54, 1.807) is 17.5 Å². The third-order valence-electron chi connectivity index (χ3n) is 4.32. The smallest absolute Gasteiger partial charge is 0.312 e. The van der Waals surface area contributed by atoms with Crippen molar-refractivity contribution in [3.63, 3.8) is 0 Å². The van der Waals surface area contributed by atoms with E-state index in [0.717, 1.165) is 0 Å². The van der Waals surface area contributed by atoms with Crippen LogP contribution in [-0.2, 0) is 33.9 Å². The van der Waals surface area contributed by atoms with Crippen molar-refractivity contribution in [1.29, 1.82) is 0 Å². The standard InChI is InChI=1S/C20H15FN2O6S/c21-15-3-1-2-12(4-15)20-22-16(10-30-20)7-18(24)28-9-14-6-17(23(25)26)5-13-8-27-11-29-19(13)14/h1-6,10H,7-9,11H2. The molecule has 0 radical (unpaired) electrons. The van der Waals surface area contributed by atoms with Crippen LogP contribution in [0.2, 0.25) is 0 Å². The second-order valence-corrected chi connectivity index (χ2v) is 7.31. The number of rotatable bonds is 6. The predicted octanol–water partition coefficient (Wildman–Crippen LogP) is 4.01. The minimum Gasteiger partial charge on any atom is -0.467 e. The van der Waals surface area contributed by atoms with Crippen LogP contribution in [0, 0.1) is 15.9 Å². The number of thiazole rings is 1. The SMILES string of the molecule is O=C(Cc1csc(-c2cccc(F)c2)n1)OCc1cc([N+](=O)[O-])cc2c1OCOC2. The van der Waals surface area contributed by atoms with Crippen molar-refractivity contribution in [1.82, 2.24) is 4.98 Å². The van der Waals surface area contributed by atoms with Gasteiger partial charge in [0.05, 0.1) is 23.6 Å². The van der Waals surface area contributed by atoms with Crippen molar-refractivity contribution in [2.45, 2.75) is 19.6 Å². The van der Waals surface area contributed by atoms with Crippen molar-refractivity contribution < 1.29 is 28.3 Å². The Bertz CT molecular complexity index is 1120. The van der Waals surface area contributed by atoms with Crippen LogP contribution >= 0.6 is 11.3 Å². The van der Waals surface area contributed by atoms with Crippen molar-refractivity contribution in [2.75, 3.05) is 6.79 Å². The van der Waals surface area contributed by atoms with E-state index >= 15 is 0 Å². The van der Waals surface area contributed by atoms with Gasteiger partial charge in [-0.25, -0.2) is 9.37 Å². The fraction of sp³-hybridized carbons (Fsp3) is 0.200. The molecule has 0 atom stereocenters. The number of nitro benzene ring substituents is 1. The molecule has 1 aromatic heterocycles. The minimum atomic E-state index is -0.543. The predicted molar refractivity (Wildman–Crippen MR) is 104 cm³/mol. The molecular formula is C20H15FN2O6S. The van der Waals surface area contributed by atoms with E-state index in [9.17, 15) is 19.3 Å². The molecule has 1 aliphatic rings. The number of hydrogen-bond acceptors (Lipinski definition) is 8. The van der Waals surface area contributed by atoms with Crippen LogP contribution in [0.1, 0.15) is 16.8 Å². The lowest BCUT2D eigenvalue weighted by Crippen LogP contribution is -2.15. The van der Waals surface area contributed by atoms with Crippen molar-refractivity contribution in [2.24, 2.45) is 0 Å². The molecule has 2 aromatic carbocycles. The van der Waals surface area contributed by atoms with Gasteiger partial charge in [0, 0.05) is 34.2 Å². The van der Waals surface area contributed by atoms with Crippen LogP contribution in [0.25, 0.3) is 10.6 Å². The second-order valence-electron chi connectivity index (χ2n) is 6.45. The van der Waals surface area contributed by atoms with Crippen LogP contribution in [0.4, 0.5) is 10.1 Å². The van der Waals surface area contributed by atoms with Gasteiger partial charge in [0.1, 0.15) is 23.2 Å². The highest BCUT2D eigenvalue weighted by Crippen LogP contribution is 2.33. The summed E-state index contributed by atoms with van der Waals surface area (Å²) in [4.78, 5) is 27.2. The van der Waals surface area contributed by atoms with E-state index in [2.05, 4.69) is 4.98 Å². The van der Waals surface area contributed by atoms with Gasteiger partial charge >= 0.3 is 5.97 Å². The number of non-ortho nitro benzene ring substituents is 1. The summed E-state index contributed by atoms with van der Waals surface area (Å²) in [5.41, 5.74) is 1.92. The number of carbonyl (C=O) groups is 1. The summed E-state index contributed by atoms with van der Waals surface area (Å²) in [6.45, 7) is 0.0246. The van der Waals surface area contributed by atoms with Gasteiger partial charge in [-0.15, -0.1) is 11.3 Å². The summed E-state index contributed by atoms with van der Waals surface area (Å²) < 4.78 is 29.2. The Morgan fingerprint density at radius 2 is 2.20 bits per heavy atom. The molecule has 0 saturated heterocycles. The highest BCUT2D eigenvalue weighted by atomic mass is 32.1. The van der Waals surface area contributed by atoms with Gasteiger partial charge < -0.3 is 14.2 Å². The number of carbonyl (C=O) groups excluding carboxylic acids is 1. The maximum absolute atomic E-state index is 13.4. The van der Waals surface area contributed by atoms with Crippen molar-refractivity contribution in [3.05, 3.63) is 74.5 Å². The molecular weight excluding hydrogens is 415 g/mol. The lowest BCUT2D eigenvalue weighted by atomic mass is 10.1. The highest BCUT2D eigenvalue weighted by molar-refractivity contribution is 7.13. The minimum absolute atomic E-state index is 0.0213. The zero-order valence-electron chi connectivity index (χ0n) is 15.5. The molecule has 30 heavy (non-hydrogen) atoms. The molecule has 154 valence electrons. The largest absolute Gasteiger partial charge is 0.467 e. The van der Waals surface area contributed by atoms with Crippen molar-refractivity contribution >= 4 is 23.0 Å². The molecule has 0 saturated carbocycles. The van der Waals surface area contributed by atoms with Gasteiger partial charge in [0.2, 0.25) is 0 Å². The Morgan fingerprint density at radius 3 is 3.00 bits per heavy atom. The molecule has 0 amide bonds. The Morgan fingerprint density at radius 1 is 1.33 bits per heavy atom. The topological polar surface area (TPSA) is 101 Å². The first kappa shape index (κ1) is 19.9. The van der Waals surface area contributed by atoms with E-state index < -0.39 is 10.9 Å². The quantitative estimate of drug-likeness (QED) is 0.331.